The van der Waals surface area contributed by atoms with Crippen molar-refractivity contribution in [1.29, 1.82) is 0 Å². The lowest BCUT2D eigenvalue weighted by atomic mass is 10.2. The Kier molecular flexibility index (Phi) is 3.71. The fourth-order valence-corrected chi connectivity index (χ4v) is 2.72. The van der Waals surface area contributed by atoms with Gasteiger partial charge < -0.3 is 9.73 Å². The standard InChI is InChI=1S/C15H17N3OS/c1-12-5-2-3-7-14(12)18-11-17(10-16-15(18)20)9-13-6-4-8-19-13/h2-8H,9-11H2,1H3,(H,16,20)/p+1. The van der Waals surface area contributed by atoms with Crippen LogP contribution in [-0.2, 0) is 6.54 Å². The molecule has 1 aromatic heterocycles. The van der Waals surface area contributed by atoms with E-state index < -0.39 is 0 Å². The normalized spacial score (nSPS) is 18.9. The molecular weight excluding hydrogens is 270 g/mol. The Morgan fingerprint density at radius 2 is 2.15 bits per heavy atom. The van der Waals surface area contributed by atoms with E-state index in [4.69, 9.17) is 16.6 Å². The number of quaternary nitrogens is 1. The first-order valence-electron chi connectivity index (χ1n) is 6.71. The van der Waals surface area contributed by atoms with E-state index in [1.807, 2.05) is 24.3 Å². The molecule has 5 heteroatoms. The molecule has 1 saturated heterocycles. The second-order valence-corrected chi connectivity index (χ2v) is 5.42. The molecule has 3 rings (SSSR count). The monoisotopic (exact) mass is 288 g/mol. The number of hydrogen-bond donors (Lipinski definition) is 2. The molecule has 0 bridgehead atoms. The molecule has 104 valence electrons. The van der Waals surface area contributed by atoms with Crippen LogP contribution < -0.4 is 15.1 Å². The Hall–Kier alpha value is -1.85. The molecule has 0 amide bonds. The summed E-state index contributed by atoms with van der Waals surface area (Å²) in [6.07, 6.45) is 1.72. The van der Waals surface area contributed by atoms with Gasteiger partial charge in [0.2, 0.25) is 0 Å². The molecule has 1 fully saturated rings. The van der Waals surface area contributed by atoms with Gasteiger partial charge in [0.05, 0.1) is 12.0 Å². The van der Waals surface area contributed by atoms with Crippen LogP contribution in [0.5, 0.6) is 0 Å². The summed E-state index contributed by atoms with van der Waals surface area (Å²) in [5.74, 6) is 0.999. The largest absolute Gasteiger partial charge is 0.463 e. The van der Waals surface area contributed by atoms with E-state index in [1.165, 1.54) is 16.2 Å². The molecule has 1 aliphatic rings. The fraction of sp³-hybridized carbons (Fsp3) is 0.267. The summed E-state index contributed by atoms with van der Waals surface area (Å²) < 4.78 is 5.43. The second kappa shape index (κ2) is 5.64. The number of anilines is 1. The number of nitrogens with one attached hydrogen (secondary N) is 2. The highest BCUT2D eigenvalue weighted by atomic mass is 32.1. The minimum Gasteiger partial charge on any atom is -0.463 e. The van der Waals surface area contributed by atoms with Crippen LogP contribution in [0.15, 0.2) is 47.1 Å². The van der Waals surface area contributed by atoms with Gasteiger partial charge in [-0.1, -0.05) is 18.2 Å². The Balaban J connectivity index is 1.77. The van der Waals surface area contributed by atoms with Gasteiger partial charge in [0.15, 0.2) is 24.2 Å². The van der Waals surface area contributed by atoms with Gasteiger partial charge >= 0.3 is 0 Å². The van der Waals surface area contributed by atoms with Crippen molar-refractivity contribution >= 4 is 23.0 Å². The number of thiocarbonyl (C=S) groups is 1. The molecule has 2 aromatic rings. The van der Waals surface area contributed by atoms with E-state index in [2.05, 4.69) is 29.3 Å². The first kappa shape index (κ1) is 13.1. The molecule has 2 heterocycles. The highest BCUT2D eigenvalue weighted by Gasteiger charge is 2.26. The lowest BCUT2D eigenvalue weighted by molar-refractivity contribution is -0.917. The van der Waals surface area contributed by atoms with Crippen LogP contribution in [-0.4, -0.2) is 18.4 Å². The van der Waals surface area contributed by atoms with Crippen LogP contribution in [0.2, 0.25) is 0 Å². The van der Waals surface area contributed by atoms with E-state index in [-0.39, 0.29) is 0 Å². The van der Waals surface area contributed by atoms with E-state index in [9.17, 15) is 0 Å². The number of aryl methyl sites for hydroxylation is 1. The van der Waals surface area contributed by atoms with Crippen molar-refractivity contribution in [3.8, 4) is 0 Å². The molecule has 0 spiro atoms. The maximum Gasteiger partial charge on any atom is 0.182 e. The summed E-state index contributed by atoms with van der Waals surface area (Å²) >= 11 is 5.45. The van der Waals surface area contributed by atoms with E-state index in [1.54, 1.807) is 6.26 Å². The molecule has 1 aromatic carbocycles. The van der Waals surface area contributed by atoms with Crippen molar-refractivity contribution in [2.24, 2.45) is 0 Å². The van der Waals surface area contributed by atoms with Gasteiger partial charge in [-0.2, -0.15) is 0 Å². The molecule has 2 N–H and O–H groups in total. The average Bonchev–Trinajstić information content (AvgIpc) is 2.95. The maximum atomic E-state index is 5.45. The van der Waals surface area contributed by atoms with E-state index in [0.29, 0.717) is 0 Å². The van der Waals surface area contributed by atoms with Gasteiger partial charge in [-0.15, -0.1) is 0 Å². The third-order valence-corrected chi connectivity index (χ3v) is 3.89. The van der Waals surface area contributed by atoms with Crippen molar-refractivity contribution in [2.75, 3.05) is 18.2 Å². The Morgan fingerprint density at radius 1 is 1.30 bits per heavy atom. The number of benzene rings is 1. The molecule has 1 aliphatic heterocycles. The molecule has 1 atom stereocenters. The summed E-state index contributed by atoms with van der Waals surface area (Å²) in [4.78, 5) is 3.53. The molecule has 20 heavy (non-hydrogen) atoms. The molecule has 0 radical (unpaired) electrons. The van der Waals surface area contributed by atoms with Crippen molar-refractivity contribution in [3.05, 3.63) is 54.0 Å². The van der Waals surface area contributed by atoms with Crippen molar-refractivity contribution < 1.29 is 9.32 Å². The second-order valence-electron chi connectivity index (χ2n) is 5.04. The molecule has 1 unspecified atom stereocenters. The predicted octanol–water partition coefficient (Wildman–Crippen LogP) is 1.28. The van der Waals surface area contributed by atoms with Crippen molar-refractivity contribution in [3.63, 3.8) is 0 Å². The lowest BCUT2D eigenvalue weighted by Crippen LogP contribution is -3.16. The maximum absolute atomic E-state index is 5.45. The molecular formula is C15H18N3OS+. The first-order valence-corrected chi connectivity index (χ1v) is 7.12. The quantitative estimate of drug-likeness (QED) is 0.834. The number of nitrogens with zero attached hydrogens (tertiary/aromatic N) is 1. The molecule has 0 saturated carbocycles. The SMILES string of the molecule is Cc1ccccc1N1C[NH+](Cc2ccco2)CNC1=S. The fourth-order valence-electron chi connectivity index (χ4n) is 2.49. The average molecular weight is 288 g/mol. The highest BCUT2D eigenvalue weighted by Crippen LogP contribution is 2.19. The number of para-hydroxylation sites is 1. The summed E-state index contributed by atoms with van der Waals surface area (Å²) in [5.41, 5.74) is 2.40. The predicted molar refractivity (Wildman–Crippen MR) is 82.5 cm³/mol. The zero-order chi connectivity index (χ0) is 13.9. The third-order valence-electron chi connectivity index (χ3n) is 3.53. The minimum atomic E-state index is 0.794. The smallest absolute Gasteiger partial charge is 0.182 e. The van der Waals surface area contributed by atoms with Crippen LogP contribution in [0.3, 0.4) is 0 Å². The van der Waals surface area contributed by atoms with Crippen molar-refractivity contribution in [1.82, 2.24) is 5.32 Å². The zero-order valence-electron chi connectivity index (χ0n) is 11.4. The topological polar surface area (TPSA) is 32.9 Å². The van der Waals surface area contributed by atoms with Crippen LogP contribution in [0.4, 0.5) is 5.69 Å². The number of rotatable bonds is 3. The Morgan fingerprint density at radius 3 is 2.90 bits per heavy atom. The van der Waals surface area contributed by atoms with E-state index in [0.717, 1.165) is 30.8 Å². The van der Waals surface area contributed by atoms with Crippen molar-refractivity contribution in [2.45, 2.75) is 13.5 Å². The van der Waals surface area contributed by atoms with Crippen LogP contribution in [0.1, 0.15) is 11.3 Å². The first-order chi connectivity index (χ1) is 9.74. The van der Waals surface area contributed by atoms with E-state index >= 15 is 0 Å². The zero-order valence-corrected chi connectivity index (χ0v) is 12.2. The van der Waals surface area contributed by atoms with Crippen LogP contribution in [0.25, 0.3) is 0 Å². The van der Waals surface area contributed by atoms with Gasteiger partial charge in [-0.25, -0.2) is 0 Å². The summed E-state index contributed by atoms with van der Waals surface area (Å²) in [5, 5.41) is 4.09. The molecule has 0 aliphatic carbocycles. The summed E-state index contributed by atoms with van der Waals surface area (Å²) in [6.45, 7) is 4.63. The number of furan rings is 1. The van der Waals surface area contributed by atoms with Crippen LogP contribution in [0, 0.1) is 6.92 Å². The van der Waals surface area contributed by atoms with Crippen LogP contribution >= 0.6 is 12.2 Å². The molecule has 4 nitrogen and oxygen atoms in total. The Bertz CT molecular complexity index is 597. The minimum absolute atomic E-state index is 0.794. The lowest BCUT2D eigenvalue weighted by Gasteiger charge is -2.35. The summed E-state index contributed by atoms with van der Waals surface area (Å²) in [7, 11) is 0. The highest BCUT2D eigenvalue weighted by molar-refractivity contribution is 7.80. The Labute approximate surface area is 124 Å². The summed E-state index contributed by atoms with van der Waals surface area (Å²) in [6, 6.07) is 12.3. The van der Waals surface area contributed by atoms with Gasteiger partial charge in [0, 0.05) is 0 Å². The van der Waals surface area contributed by atoms with Gasteiger partial charge in [0.25, 0.3) is 0 Å². The van der Waals surface area contributed by atoms with Gasteiger partial charge in [-0.05, 0) is 42.9 Å². The number of hydrogen-bond acceptors (Lipinski definition) is 2. The van der Waals surface area contributed by atoms with Gasteiger partial charge in [0.1, 0.15) is 6.54 Å². The van der Waals surface area contributed by atoms with Gasteiger partial charge in [-0.3, -0.25) is 9.80 Å². The third kappa shape index (κ3) is 2.69.